The SMILES string of the molecule is CC#CCC(N)C1COc2ccccc2O1. The van der Waals surface area contributed by atoms with Crippen molar-refractivity contribution in [3.63, 3.8) is 0 Å². The van der Waals surface area contributed by atoms with Crippen molar-refractivity contribution in [3.8, 4) is 23.3 Å². The van der Waals surface area contributed by atoms with Gasteiger partial charge in [0.15, 0.2) is 11.5 Å². The summed E-state index contributed by atoms with van der Waals surface area (Å²) in [4.78, 5) is 0. The molecule has 2 atom stereocenters. The second kappa shape index (κ2) is 4.91. The van der Waals surface area contributed by atoms with Crippen molar-refractivity contribution in [1.82, 2.24) is 0 Å². The average molecular weight is 217 g/mol. The van der Waals surface area contributed by atoms with Gasteiger partial charge < -0.3 is 15.2 Å². The lowest BCUT2D eigenvalue weighted by Crippen LogP contribution is -2.44. The first-order valence-corrected chi connectivity index (χ1v) is 5.35. The van der Waals surface area contributed by atoms with E-state index < -0.39 is 0 Å². The third-order valence-corrected chi connectivity index (χ3v) is 2.52. The molecule has 2 rings (SSSR count). The van der Waals surface area contributed by atoms with Crippen LogP contribution in [0.15, 0.2) is 24.3 Å². The Morgan fingerprint density at radius 3 is 2.94 bits per heavy atom. The highest BCUT2D eigenvalue weighted by Crippen LogP contribution is 2.31. The Kier molecular flexibility index (Phi) is 3.33. The van der Waals surface area contributed by atoms with Gasteiger partial charge in [0.1, 0.15) is 12.7 Å². The molecule has 2 unspecified atom stereocenters. The first-order chi connectivity index (χ1) is 7.81. The molecule has 0 radical (unpaired) electrons. The molecule has 0 bridgehead atoms. The van der Waals surface area contributed by atoms with Gasteiger partial charge in [0, 0.05) is 6.42 Å². The van der Waals surface area contributed by atoms with E-state index in [1.807, 2.05) is 24.3 Å². The largest absolute Gasteiger partial charge is 0.486 e. The van der Waals surface area contributed by atoms with Gasteiger partial charge in [-0.25, -0.2) is 0 Å². The minimum absolute atomic E-state index is 0.110. The molecule has 1 aliphatic heterocycles. The van der Waals surface area contributed by atoms with Crippen LogP contribution in [0.5, 0.6) is 11.5 Å². The highest BCUT2D eigenvalue weighted by molar-refractivity contribution is 5.40. The van der Waals surface area contributed by atoms with E-state index in [1.165, 1.54) is 0 Å². The zero-order valence-corrected chi connectivity index (χ0v) is 9.27. The summed E-state index contributed by atoms with van der Waals surface area (Å²) in [5, 5.41) is 0. The Morgan fingerprint density at radius 1 is 1.44 bits per heavy atom. The molecule has 16 heavy (non-hydrogen) atoms. The summed E-state index contributed by atoms with van der Waals surface area (Å²) in [6.07, 6.45) is 0.517. The first kappa shape index (κ1) is 10.8. The minimum atomic E-state index is -0.115. The standard InChI is InChI=1S/C13H15NO2/c1-2-3-6-10(14)13-9-15-11-7-4-5-8-12(11)16-13/h4-5,7-8,10,13H,6,9,14H2,1H3. The second-order valence-corrected chi connectivity index (χ2v) is 3.71. The van der Waals surface area contributed by atoms with E-state index in [-0.39, 0.29) is 12.1 Å². The number of fused-ring (bicyclic) bond motifs is 1. The first-order valence-electron chi connectivity index (χ1n) is 5.35. The van der Waals surface area contributed by atoms with Crippen molar-refractivity contribution in [2.45, 2.75) is 25.5 Å². The molecule has 1 aromatic rings. The third-order valence-electron chi connectivity index (χ3n) is 2.52. The zero-order chi connectivity index (χ0) is 11.4. The van der Waals surface area contributed by atoms with Crippen LogP contribution in [0.3, 0.4) is 0 Å². The van der Waals surface area contributed by atoms with Gasteiger partial charge >= 0.3 is 0 Å². The van der Waals surface area contributed by atoms with Gasteiger partial charge in [-0.05, 0) is 19.1 Å². The molecule has 0 saturated heterocycles. The fraction of sp³-hybridized carbons (Fsp3) is 0.385. The van der Waals surface area contributed by atoms with E-state index in [2.05, 4.69) is 11.8 Å². The number of ether oxygens (including phenoxy) is 2. The third kappa shape index (κ3) is 2.29. The van der Waals surface area contributed by atoms with E-state index in [0.29, 0.717) is 13.0 Å². The number of para-hydroxylation sites is 2. The Labute approximate surface area is 95.5 Å². The maximum atomic E-state index is 5.98. The summed E-state index contributed by atoms with van der Waals surface area (Å²) in [7, 11) is 0. The van der Waals surface area contributed by atoms with Crippen LogP contribution in [0.4, 0.5) is 0 Å². The van der Waals surface area contributed by atoms with Crippen molar-refractivity contribution in [1.29, 1.82) is 0 Å². The zero-order valence-electron chi connectivity index (χ0n) is 9.27. The molecule has 0 spiro atoms. The van der Waals surface area contributed by atoms with Gasteiger partial charge in [-0.3, -0.25) is 0 Å². The Hall–Kier alpha value is -1.66. The number of rotatable bonds is 2. The van der Waals surface area contributed by atoms with Gasteiger partial charge in [0.05, 0.1) is 6.04 Å². The Balaban J connectivity index is 2.04. The predicted octanol–water partition coefficient (Wildman–Crippen LogP) is 1.57. The lowest BCUT2D eigenvalue weighted by molar-refractivity contribution is 0.0734. The molecule has 1 aromatic carbocycles. The van der Waals surface area contributed by atoms with Gasteiger partial charge in [-0.1, -0.05) is 12.1 Å². The molecule has 1 aliphatic rings. The van der Waals surface area contributed by atoms with Crippen LogP contribution < -0.4 is 15.2 Å². The highest BCUT2D eigenvalue weighted by Gasteiger charge is 2.25. The summed E-state index contributed by atoms with van der Waals surface area (Å²) in [5.41, 5.74) is 5.98. The Bertz CT molecular complexity index is 419. The molecule has 0 saturated carbocycles. The van der Waals surface area contributed by atoms with Gasteiger partial charge in [0.2, 0.25) is 0 Å². The summed E-state index contributed by atoms with van der Waals surface area (Å²) in [6, 6.07) is 7.51. The van der Waals surface area contributed by atoms with E-state index in [4.69, 9.17) is 15.2 Å². The van der Waals surface area contributed by atoms with Crippen molar-refractivity contribution >= 4 is 0 Å². The highest BCUT2D eigenvalue weighted by atomic mass is 16.6. The number of benzene rings is 1. The van der Waals surface area contributed by atoms with E-state index in [1.54, 1.807) is 6.92 Å². The molecule has 1 heterocycles. The van der Waals surface area contributed by atoms with Crippen molar-refractivity contribution in [2.75, 3.05) is 6.61 Å². The maximum absolute atomic E-state index is 5.98. The van der Waals surface area contributed by atoms with Gasteiger partial charge in [-0.15, -0.1) is 11.8 Å². The molecule has 0 aromatic heterocycles. The van der Waals surface area contributed by atoms with Gasteiger partial charge in [-0.2, -0.15) is 0 Å². The molecule has 3 heteroatoms. The summed E-state index contributed by atoms with van der Waals surface area (Å²) in [5.74, 6) is 7.34. The van der Waals surface area contributed by atoms with Crippen molar-refractivity contribution in [3.05, 3.63) is 24.3 Å². The van der Waals surface area contributed by atoms with Crippen LogP contribution in [0, 0.1) is 11.8 Å². The van der Waals surface area contributed by atoms with Crippen LogP contribution in [0.25, 0.3) is 0 Å². The van der Waals surface area contributed by atoms with Crippen LogP contribution >= 0.6 is 0 Å². The molecular formula is C13H15NO2. The molecular weight excluding hydrogens is 202 g/mol. The molecule has 84 valence electrons. The quantitative estimate of drug-likeness (QED) is 0.765. The van der Waals surface area contributed by atoms with Crippen LogP contribution in [0.2, 0.25) is 0 Å². The lowest BCUT2D eigenvalue weighted by atomic mass is 10.1. The normalized spacial score (nSPS) is 19.5. The molecule has 3 nitrogen and oxygen atoms in total. The molecule has 2 N–H and O–H groups in total. The van der Waals surface area contributed by atoms with Crippen molar-refractivity contribution in [2.24, 2.45) is 5.73 Å². The number of hydrogen-bond donors (Lipinski definition) is 1. The smallest absolute Gasteiger partial charge is 0.161 e. The van der Waals surface area contributed by atoms with E-state index in [9.17, 15) is 0 Å². The molecule has 0 fully saturated rings. The summed E-state index contributed by atoms with van der Waals surface area (Å²) in [6.45, 7) is 2.30. The minimum Gasteiger partial charge on any atom is -0.486 e. The second-order valence-electron chi connectivity index (χ2n) is 3.71. The van der Waals surface area contributed by atoms with Crippen LogP contribution in [-0.2, 0) is 0 Å². The van der Waals surface area contributed by atoms with Crippen LogP contribution in [0.1, 0.15) is 13.3 Å². The van der Waals surface area contributed by atoms with E-state index in [0.717, 1.165) is 11.5 Å². The lowest BCUT2D eigenvalue weighted by Gasteiger charge is -2.29. The van der Waals surface area contributed by atoms with Crippen LogP contribution in [-0.4, -0.2) is 18.8 Å². The monoisotopic (exact) mass is 217 g/mol. The number of hydrogen-bond acceptors (Lipinski definition) is 3. The average Bonchev–Trinajstić information content (AvgIpc) is 2.35. The molecule has 0 amide bonds. The predicted molar refractivity (Wildman–Crippen MR) is 62.4 cm³/mol. The fourth-order valence-electron chi connectivity index (χ4n) is 1.60. The molecule has 0 aliphatic carbocycles. The van der Waals surface area contributed by atoms with Gasteiger partial charge in [0.25, 0.3) is 0 Å². The fourth-order valence-corrected chi connectivity index (χ4v) is 1.60. The topological polar surface area (TPSA) is 44.5 Å². The Morgan fingerprint density at radius 2 is 2.19 bits per heavy atom. The number of nitrogens with two attached hydrogens (primary N) is 1. The summed E-state index contributed by atoms with van der Waals surface area (Å²) >= 11 is 0. The maximum Gasteiger partial charge on any atom is 0.161 e. The van der Waals surface area contributed by atoms with Crippen molar-refractivity contribution < 1.29 is 9.47 Å². The summed E-state index contributed by atoms with van der Waals surface area (Å²) < 4.78 is 11.4. The van der Waals surface area contributed by atoms with E-state index >= 15 is 0 Å².